The summed E-state index contributed by atoms with van der Waals surface area (Å²) in [6.45, 7) is 6.31. The molecule has 1 aromatic carbocycles. The molecule has 1 aromatic heterocycles. The van der Waals surface area contributed by atoms with E-state index in [1.165, 1.54) is 0 Å². The van der Waals surface area contributed by atoms with Crippen molar-refractivity contribution >= 4 is 34.9 Å². The number of aromatic nitrogens is 1. The molecule has 29 heavy (non-hydrogen) atoms. The van der Waals surface area contributed by atoms with Crippen LogP contribution in [0.2, 0.25) is 5.02 Å². The third kappa shape index (κ3) is 5.70. The molecule has 0 spiro atoms. The number of anilines is 2. The molecule has 0 saturated carbocycles. The van der Waals surface area contributed by atoms with E-state index < -0.39 is 0 Å². The molecule has 2 heterocycles. The lowest BCUT2D eigenvalue weighted by Gasteiger charge is -2.32. The molecule has 1 fully saturated rings. The number of rotatable bonds is 6. The van der Waals surface area contributed by atoms with E-state index >= 15 is 0 Å². The molecule has 154 valence electrons. The van der Waals surface area contributed by atoms with Crippen LogP contribution in [-0.4, -0.2) is 41.3 Å². The van der Waals surface area contributed by atoms with Crippen LogP contribution in [0.15, 0.2) is 42.6 Å². The van der Waals surface area contributed by atoms with Gasteiger partial charge in [-0.3, -0.25) is 9.59 Å². The van der Waals surface area contributed by atoms with Crippen molar-refractivity contribution in [1.29, 1.82) is 0 Å². The molecule has 0 radical (unpaired) electrons. The van der Waals surface area contributed by atoms with Crippen molar-refractivity contribution in [3.8, 4) is 0 Å². The van der Waals surface area contributed by atoms with E-state index in [2.05, 4.69) is 15.2 Å². The summed E-state index contributed by atoms with van der Waals surface area (Å²) in [6, 6.07) is 11.5. The molecule has 0 bridgehead atoms. The molecular formula is C22H27ClN4O2. The first kappa shape index (κ1) is 21.1. The summed E-state index contributed by atoms with van der Waals surface area (Å²) >= 11 is 5.90. The van der Waals surface area contributed by atoms with Crippen molar-refractivity contribution in [2.24, 2.45) is 5.92 Å². The molecule has 6 nitrogen and oxygen atoms in total. The first-order chi connectivity index (χ1) is 14.0. The van der Waals surface area contributed by atoms with E-state index in [-0.39, 0.29) is 17.7 Å². The van der Waals surface area contributed by atoms with Crippen molar-refractivity contribution in [2.45, 2.75) is 33.2 Å². The molecule has 0 aliphatic carbocycles. The summed E-state index contributed by atoms with van der Waals surface area (Å²) in [6.07, 6.45) is 3.21. The number of amides is 2. The fraction of sp³-hybridized carbons (Fsp3) is 0.409. The van der Waals surface area contributed by atoms with Gasteiger partial charge in [0.2, 0.25) is 11.8 Å². The second-order valence-electron chi connectivity index (χ2n) is 7.32. The van der Waals surface area contributed by atoms with Crippen LogP contribution < -0.4 is 10.2 Å². The number of nitrogens with zero attached hydrogens (tertiary/aromatic N) is 3. The highest BCUT2D eigenvalue weighted by Gasteiger charge is 2.25. The van der Waals surface area contributed by atoms with Gasteiger partial charge in [-0.15, -0.1) is 0 Å². The van der Waals surface area contributed by atoms with Gasteiger partial charge in [0.1, 0.15) is 5.82 Å². The van der Waals surface area contributed by atoms with Gasteiger partial charge in [0.15, 0.2) is 0 Å². The molecule has 1 aliphatic rings. The largest absolute Gasteiger partial charge is 0.357 e. The van der Waals surface area contributed by atoms with E-state index in [1.807, 2.05) is 43.3 Å². The second kappa shape index (κ2) is 9.74. The maximum atomic E-state index is 12.7. The van der Waals surface area contributed by atoms with Crippen molar-refractivity contribution in [3.05, 3.63) is 53.2 Å². The quantitative estimate of drug-likeness (QED) is 0.777. The number of nitrogens with one attached hydrogen (secondary N) is 1. The Hall–Kier alpha value is -2.60. The SMILES string of the molecule is CCN(Cc1cccc(NC(=O)C2CCN(c3ccc(Cl)cn3)CC2)c1)C(C)=O. The Labute approximate surface area is 176 Å². The molecule has 1 saturated heterocycles. The summed E-state index contributed by atoms with van der Waals surface area (Å²) in [4.78, 5) is 32.7. The van der Waals surface area contributed by atoms with Gasteiger partial charge in [-0.2, -0.15) is 0 Å². The van der Waals surface area contributed by atoms with Crippen molar-refractivity contribution < 1.29 is 9.59 Å². The first-order valence-electron chi connectivity index (χ1n) is 9.98. The summed E-state index contributed by atoms with van der Waals surface area (Å²) in [5.41, 5.74) is 1.78. The highest BCUT2D eigenvalue weighted by atomic mass is 35.5. The number of carbonyl (C=O) groups is 2. The molecule has 3 rings (SSSR count). The van der Waals surface area contributed by atoms with Crippen LogP contribution in [0.3, 0.4) is 0 Å². The van der Waals surface area contributed by atoms with E-state index in [9.17, 15) is 9.59 Å². The Morgan fingerprint density at radius 1 is 1.24 bits per heavy atom. The van der Waals surface area contributed by atoms with Crippen molar-refractivity contribution in [3.63, 3.8) is 0 Å². The molecule has 2 amide bonds. The fourth-order valence-electron chi connectivity index (χ4n) is 3.58. The summed E-state index contributed by atoms with van der Waals surface area (Å²) < 4.78 is 0. The Morgan fingerprint density at radius 2 is 2.00 bits per heavy atom. The number of piperidine rings is 1. The molecule has 1 aliphatic heterocycles. The smallest absolute Gasteiger partial charge is 0.227 e. The maximum Gasteiger partial charge on any atom is 0.227 e. The van der Waals surface area contributed by atoms with Crippen molar-refractivity contribution in [2.75, 3.05) is 29.9 Å². The number of hydrogen-bond donors (Lipinski definition) is 1. The highest BCUT2D eigenvalue weighted by Crippen LogP contribution is 2.24. The van der Waals surface area contributed by atoms with Gasteiger partial charge < -0.3 is 15.1 Å². The zero-order valence-electron chi connectivity index (χ0n) is 16.9. The van der Waals surface area contributed by atoms with Crippen molar-refractivity contribution in [1.82, 2.24) is 9.88 Å². The minimum absolute atomic E-state index is 0.0217. The monoisotopic (exact) mass is 414 g/mol. The molecule has 7 heteroatoms. The highest BCUT2D eigenvalue weighted by molar-refractivity contribution is 6.30. The van der Waals surface area contributed by atoms with Crippen LogP contribution in [0.1, 0.15) is 32.3 Å². The lowest BCUT2D eigenvalue weighted by molar-refractivity contribution is -0.129. The van der Waals surface area contributed by atoms with Gasteiger partial charge in [0.05, 0.1) is 5.02 Å². The van der Waals surface area contributed by atoms with Crippen LogP contribution in [-0.2, 0) is 16.1 Å². The van der Waals surface area contributed by atoms with E-state index in [0.29, 0.717) is 18.1 Å². The van der Waals surface area contributed by atoms with Gasteiger partial charge >= 0.3 is 0 Å². The van der Waals surface area contributed by atoms with Gasteiger partial charge in [0.25, 0.3) is 0 Å². The van der Waals surface area contributed by atoms with Crippen LogP contribution in [0.25, 0.3) is 0 Å². The summed E-state index contributed by atoms with van der Waals surface area (Å²) in [7, 11) is 0. The predicted molar refractivity (Wildman–Crippen MR) is 116 cm³/mol. The summed E-state index contributed by atoms with van der Waals surface area (Å²) in [5, 5.41) is 3.66. The Bertz CT molecular complexity index is 848. The normalized spacial score (nSPS) is 14.5. The maximum absolute atomic E-state index is 12.7. The summed E-state index contributed by atoms with van der Waals surface area (Å²) in [5.74, 6) is 0.965. The third-order valence-corrected chi connectivity index (χ3v) is 5.52. The standard InChI is InChI=1S/C22H27ClN4O2/c1-3-26(16(2)28)15-17-5-4-6-20(13-17)25-22(29)18-9-11-27(12-10-18)21-8-7-19(23)14-24-21/h4-8,13-14,18H,3,9-12,15H2,1-2H3,(H,25,29). The molecule has 0 atom stereocenters. The number of benzene rings is 1. The van der Waals surface area contributed by atoms with E-state index in [4.69, 9.17) is 11.6 Å². The second-order valence-corrected chi connectivity index (χ2v) is 7.76. The van der Waals surface area contributed by atoms with Crippen LogP contribution in [0.5, 0.6) is 0 Å². The first-order valence-corrected chi connectivity index (χ1v) is 10.4. The lowest BCUT2D eigenvalue weighted by Crippen LogP contribution is -2.38. The number of halogens is 1. The minimum Gasteiger partial charge on any atom is -0.357 e. The molecule has 1 N–H and O–H groups in total. The average Bonchev–Trinajstić information content (AvgIpc) is 2.73. The van der Waals surface area contributed by atoms with Gasteiger partial charge in [-0.25, -0.2) is 4.98 Å². The van der Waals surface area contributed by atoms with Gasteiger partial charge in [0, 0.05) is 50.9 Å². The Morgan fingerprint density at radius 3 is 2.62 bits per heavy atom. The van der Waals surface area contributed by atoms with Gasteiger partial charge in [-0.05, 0) is 49.6 Å². The Balaban J connectivity index is 1.55. The molecule has 0 unspecified atom stereocenters. The number of pyridine rings is 1. The number of carbonyl (C=O) groups excluding carboxylic acids is 2. The fourth-order valence-corrected chi connectivity index (χ4v) is 3.70. The molecular weight excluding hydrogens is 388 g/mol. The zero-order valence-corrected chi connectivity index (χ0v) is 17.7. The average molecular weight is 415 g/mol. The number of hydrogen-bond acceptors (Lipinski definition) is 4. The topological polar surface area (TPSA) is 65.5 Å². The predicted octanol–water partition coefficient (Wildman–Crippen LogP) is 3.96. The third-order valence-electron chi connectivity index (χ3n) is 5.30. The van der Waals surface area contributed by atoms with Crippen LogP contribution in [0.4, 0.5) is 11.5 Å². The van der Waals surface area contributed by atoms with Gasteiger partial charge in [-0.1, -0.05) is 23.7 Å². The molecule has 2 aromatic rings. The lowest BCUT2D eigenvalue weighted by atomic mass is 9.95. The van der Waals surface area contributed by atoms with E-state index in [1.54, 1.807) is 18.0 Å². The van der Waals surface area contributed by atoms with E-state index in [0.717, 1.165) is 43.0 Å². The Kier molecular flexibility index (Phi) is 7.09. The zero-order chi connectivity index (χ0) is 20.8. The minimum atomic E-state index is -0.0217. The van der Waals surface area contributed by atoms with Crippen LogP contribution in [0, 0.1) is 5.92 Å². The van der Waals surface area contributed by atoms with Crippen LogP contribution >= 0.6 is 11.6 Å².